The van der Waals surface area contributed by atoms with E-state index in [-0.39, 0.29) is 11.8 Å². The Morgan fingerprint density at radius 2 is 1.80 bits per heavy atom. The van der Waals surface area contributed by atoms with Crippen LogP contribution in [0, 0.1) is 0 Å². The second-order valence-corrected chi connectivity index (χ2v) is 8.80. The van der Waals surface area contributed by atoms with Crippen LogP contribution in [0.1, 0.15) is 38.3 Å². The Morgan fingerprint density at radius 3 is 2.37 bits per heavy atom. The first kappa shape index (κ1) is 24.4. The molecule has 2 rings (SSSR count). The van der Waals surface area contributed by atoms with Crippen LogP contribution in [0.5, 0.6) is 0 Å². The summed E-state index contributed by atoms with van der Waals surface area (Å²) in [5.41, 5.74) is 1.39. The Hall–Kier alpha value is -1.83. The van der Waals surface area contributed by atoms with Crippen LogP contribution in [0.2, 0.25) is 0 Å². The first-order valence-electron chi connectivity index (χ1n) is 10.3. The number of alkyl halides is 1. The number of aryl methyl sites for hydroxylation is 1. The number of nitrogens with zero attached hydrogens (tertiary/aromatic N) is 1. The normalized spacial score (nSPS) is 16.6. The lowest BCUT2D eigenvalue weighted by Crippen LogP contribution is -2.47. The summed E-state index contributed by atoms with van der Waals surface area (Å²) in [7, 11) is 0. The van der Waals surface area contributed by atoms with Crippen molar-refractivity contribution in [2.24, 2.45) is 0 Å². The second kappa shape index (κ2) is 11.5. The van der Waals surface area contributed by atoms with Crippen molar-refractivity contribution in [3.63, 3.8) is 0 Å². The third-order valence-corrected chi connectivity index (χ3v) is 5.11. The van der Waals surface area contributed by atoms with Gasteiger partial charge in [-0.1, -0.05) is 24.3 Å². The molecule has 168 valence electrons. The molecule has 1 aromatic carbocycles. The van der Waals surface area contributed by atoms with E-state index in [1.807, 2.05) is 29.2 Å². The van der Waals surface area contributed by atoms with E-state index in [0.717, 1.165) is 11.1 Å². The number of hydrogen-bond acceptors (Lipinski definition) is 5. The van der Waals surface area contributed by atoms with Crippen molar-refractivity contribution in [3.05, 3.63) is 35.4 Å². The molecule has 30 heavy (non-hydrogen) atoms. The van der Waals surface area contributed by atoms with Crippen LogP contribution >= 0.6 is 11.6 Å². The second-order valence-electron chi connectivity index (χ2n) is 8.49. The van der Waals surface area contributed by atoms with Crippen molar-refractivity contribution in [1.82, 2.24) is 10.2 Å². The van der Waals surface area contributed by atoms with Gasteiger partial charge in [0.15, 0.2) is 0 Å². The van der Waals surface area contributed by atoms with Gasteiger partial charge in [-0.15, -0.1) is 11.6 Å². The van der Waals surface area contributed by atoms with Gasteiger partial charge in [0, 0.05) is 19.5 Å². The van der Waals surface area contributed by atoms with E-state index in [1.165, 1.54) is 0 Å². The summed E-state index contributed by atoms with van der Waals surface area (Å²) in [4.78, 5) is 26.2. The van der Waals surface area contributed by atoms with E-state index in [4.69, 9.17) is 21.1 Å². The maximum Gasteiger partial charge on any atom is 0.407 e. The van der Waals surface area contributed by atoms with Crippen molar-refractivity contribution in [3.8, 4) is 0 Å². The van der Waals surface area contributed by atoms with E-state index in [2.05, 4.69) is 5.32 Å². The predicted octanol–water partition coefficient (Wildman–Crippen LogP) is 2.51. The number of carbonyl (C=O) groups is 2. The highest BCUT2D eigenvalue weighted by Crippen LogP contribution is 2.13. The minimum absolute atomic E-state index is 0.00218. The van der Waals surface area contributed by atoms with Gasteiger partial charge in [0.1, 0.15) is 5.60 Å². The number of benzene rings is 1. The molecule has 1 saturated heterocycles. The van der Waals surface area contributed by atoms with E-state index < -0.39 is 23.8 Å². The van der Waals surface area contributed by atoms with Crippen molar-refractivity contribution >= 4 is 23.6 Å². The monoisotopic (exact) mass is 440 g/mol. The predicted molar refractivity (Wildman–Crippen MR) is 116 cm³/mol. The fraction of sp³-hybridized carbons (Fsp3) is 0.636. The van der Waals surface area contributed by atoms with Crippen molar-refractivity contribution < 1.29 is 24.2 Å². The van der Waals surface area contributed by atoms with Crippen molar-refractivity contribution in [1.29, 1.82) is 0 Å². The van der Waals surface area contributed by atoms with Gasteiger partial charge in [0.05, 0.1) is 31.2 Å². The number of ether oxygens (including phenoxy) is 2. The molecule has 1 fully saturated rings. The zero-order valence-electron chi connectivity index (χ0n) is 18.0. The molecule has 2 atom stereocenters. The Kier molecular flexibility index (Phi) is 9.39. The number of aliphatic hydroxyl groups is 1. The highest BCUT2D eigenvalue weighted by molar-refractivity contribution is 6.18. The zero-order chi connectivity index (χ0) is 22.1. The summed E-state index contributed by atoms with van der Waals surface area (Å²) < 4.78 is 10.6. The zero-order valence-corrected chi connectivity index (χ0v) is 18.8. The number of morpholine rings is 1. The van der Waals surface area contributed by atoms with Gasteiger partial charge < -0.3 is 24.8 Å². The number of carbonyl (C=O) groups excluding carboxylic acids is 2. The quantitative estimate of drug-likeness (QED) is 0.606. The van der Waals surface area contributed by atoms with Crippen LogP contribution in [0.3, 0.4) is 0 Å². The van der Waals surface area contributed by atoms with Gasteiger partial charge in [-0.3, -0.25) is 4.79 Å². The SMILES string of the molecule is CC(C)(C)OC(=O)N[C@@H](Cc1ccc(CCC(=O)N2CCOCC2)cc1)C(O)CCl. The average molecular weight is 441 g/mol. The van der Waals surface area contributed by atoms with Gasteiger partial charge in [0.2, 0.25) is 5.91 Å². The van der Waals surface area contributed by atoms with Crippen molar-refractivity contribution in [2.45, 2.75) is 57.8 Å². The fourth-order valence-corrected chi connectivity index (χ4v) is 3.38. The number of amides is 2. The van der Waals surface area contributed by atoms with E-state index in [1.54, 1.807) is 20.8 Å². The van der Waals surface area contributed by atoms with Gasteiger partial charge in [-0.25, -0.2) is 4.79 Å². The first-order valence-corrected chi connectivity index (χ1v) is 10.9. The molecule has 1 aliphatic rings. The average Bonchev–Trinajstić information content (AvgIpc) is 2.71. The van der Waals surface area contributed by atoms with Crippen LogP contribution < -0.4 is 5.32 Å². The third kappa shape index (κ3) is 8.50. The lowest BCUT2D eigenvalue weighted by molar-refractivity contribution is -0.135. The van der Waals surface area contributed by atoms with Crippen LogP contribution in [0.4, 0.5) is 4.79 Å². The van der Waals surface area contributed by atoms with Gasteiger partial charge in [-0.2, -0.15) is 0 Å². The topological polar surface area (TPSA) is 88.1 Å². The molecule has 0 saturated carbocycles. The molecule has 0 aromatic heterocycles. The van der Waals surface area contributed by atoms with Crippen LogP contribution in [-0.2, 0) is 27.1 Å². The number of hydrogen-bond donors (Lipinski definition) is 2. The molecule has 2 N–H and O–H groups in total. The molecule has 8 heteroatoms. The molecular formula is C22H33ClN2O5. The standard InChI is InChI=1S/C22H33ClN2O5/c1-22(2,3)30-21(28)24-18(19(26)15-23)14-17-6-4-16(5-7-17)8-9-20(27)25-10-12-29-13-11-25/h4-7,18-19,26H,8-15H2,1-3H3,(H,24,28)/t18-,19?/m0/s1. The summed E-state index contributed by atoms with van der Waals surface area (Å²) in [5, 5.41) is 12.9. The molecule has 0 aliphatic carbocycles. The number of rotatable bonds is 8. The molecule has 2 amide bonds. The maximum absolute atomic E-state index is 12.3. The lowest BCUT2D eigenvalue weighted by atomic mass is 9.99. The highest BCUT2D eigenvalue weighted by Gasteiger charge is 2.24. The van der Waals surface area contributed by atoms with Crippen molar-refractivity contribution in [2.75, 3.05) is 32.2 Å². The summed E-state index contributed by atoms with van der Waals surface area (Å²) in [6, 6.07) is 7.27. The molecule has 0 spiro atoms. The fourth-order valence-electron chi connectivity index (χ4n) is 3.17. The van der Waals surface area contributed by atoms with Gasteiger partial charge >= 0.3 is 6.09 Å². The number of halogens is 1. The van der Waals surface area contributed by atoms with Crippen LogP contribution in [0.15, 0.2) is 24.3 Å². The lowest BCUT2D eigenvalue weighted by Gasteiger charge is -2.27. The first-order chi connectivity index (χ1) is 14.2. The highest BCUT2D eigenvalue weighted by atomic mass is 35.5. The molecule has 0 bridgehead atoms. The van der Waals surface area contributed by atoms with Crippen LogP contribution in [0.25, 0.3) is 0 Å². The minimum atomic E-state index is -0.898. The van der Waals surface area contributed by atoms with Crippen LogP contribution in [-0.4, -0.2) is 71.9 Å². The summed E-state index contributed by atoms with van der Waals surface area (Å²) in [6.45, 7) is 7.87. The minimum Gasteiger partial charge on any atom is -0.444 e. The van der Waals surface area contributed by atoms with E-state index in [0.29, 0.717) is 45.6 Å². The van der Waals surface area contributed by atoms with Gasteiger partial charge in [0.25, 0.3) is 0 Å². The molecule has 0 radical (unpaired) electrons. The smallest absolute Gasteiger partial charge is 0.407 e. The number of nitrogens with one attached hydrogen (secondary N) is 1. The molecule has 1 heterocycles. The summed E-state index contributed by atoms with van der Waals surface area (Å²) in [5.74, 6) is 0.150. The Labute approximate surface area is 183 Å². The van der Waals surface area contributed by atoms with E-state index >= 15 is 0 Å². The number of alkyl carbamates (subject to hydrolysis) is 1. The Bertz CT molecular complexity index is 684. The largest absolute Gasteiger partial charge is 0.444 e. The third-order valence-electron chi connectivity index (χ3n) is 4.79. The Balaban J connectivity index is 1.89. The Morgan fingerprint density at radius 1 is 1.20 bits per heavy atom. The van der Waals surface area contributed by atoms with Gasteiger partial charge in [-0.05, 0) is 44.7 Å². The summed E-state index contributed by atoms with van der Waals surface area (Å²) >= 11 is 5.80. The van der Waals surface area contributed by atoms with E-state index in [9.17, 15) is 14.7 Å². The molecule has 1 unspecified atom stereocenters. The molecular weight excluding hydrogens is 408 g/mol. The maximum atomic E-state index is 12.3. The number of aliphatic hydroxyl groups excluding tert-OH is 1. The molecule has 1 aromatic rings. The molecule has 7 nitrogen and oxygen atoms in total. The summed E-state index contributed by atoms with van der Waals surface area (Å²) in [6.07, 6.45) is 0.0630. The molecule has 1 aliphatic heterocycles.